The van der Waals surface area contributed by atoms with Gasteiger partial charge in [0.05, 0.1) is 23.5 Å². The van der Waals surface area contributed by atoms with Gasteiger partial charge in [0.25, 0.3) is 5.91 Å². The first-order valence-corrected chi connectivity index (χ1v) is 9.96. The lowest BCUT2D eigenvalue weighted by molar-refractivity contribution is 0.0913. The Labute approximate surface area is 155 Å². The smallest absolute Gasteiger partial charge is 0.414 e. The van der Waals surface area contributed by atoms with Gasteiger partial charge in [-0.05, 0) is 36.4 Å². The van der Waals surface area contributed by atoms with E-state index in [9.17, 15) is 22.4 Å². The van der Waals surface area contributed by atoms with Crippen LogP contribution in [0, 0.1) is 5.82 Å². The number of hydrogen-bond acceptors (Lipinski definition) is 5. The third-order valence-electron chi connectivity index (χ3n) is 4.03. The van der Waals surface area contributed by atoms with Crippen molar-refractivity contribution in [1.29, 1.82) is 0 Å². The minimum Gasteiger partial charge on any atom is -0.442 e. The Bertz CT molecular complexity index is 976. The summed E-state index contributed by atoms with van der Waals surface area (Å²) in [5.41, 5.74) is 0.511. The second-order valence-corrected chi connectivity index (χ2v) is 8.06. The number of carbonyl (C=O) groups is 2. The first-order chi connectivity index (χ1) is 12.8. The van der Waals surface area contributed by atoms with E-state index in [1.54, 1.807) is 6.07 Å². The molecule has 2 amide bonds. The molecule has 1 aliphatic rings. The average Bonchev–Trinajstić information content (AvgIpc) is 3.00. The van der Waals surface area contributed by atoms with Crippen molar-refractivity contribution >= 4 is 27.5 Å². The van der Waals surface area contributed by atoms with Crippen LogP contribution in [-0.2, 0) is 14.6 Å². The molecule has 1 fully saturated rings. The Morgan fingerprint density at radius 3 is 2.56 bits per heavy atom. The van der Waals surface area contributed by atoms with Gasteiger partial charge in [0, 0.05) is 11.9 Å². The van der Waals surface area contributed by atoms with E-state index in [1.807, 2.05) is 0 Å². The second kappa shape index (κ2) is 7.36. The van der Waals surface area contributed by atoms with Crippen LogP contribution in [0.2, 0.25) is 0 Å². The molecule has 2 aromatic rings. The van der Waals surface area contributed by atoms with E-state index in [0.29, 0.717) is 5.69 Å². The maximum atomic E-state index is 13.0. The van der Waals surface area contributed by atoms with Crippen LogP contribution >= 0.6 is 0 Å². The second-order valence-electron chi connectivity index (χ2n) is 6.07. The summed E-state index contributed by atoms with van der Waals surface area (Å²) in [7, 11) is -3.56. The molecule has 0 aromatic heterocycles. The topological polar surface area (TPSA) is 92.8 Å². The molecule has 0 bridgehead atoms. The lowest BCUT2D eigenvalue weighted by Crippen LogP contribution is -2.35. The van der Waals surface area contributed by atoms with Gasteiger partial charge in [0.15, 0.2) is 9.84 Å². The molecule has 2 aromatic carbocycles. The standard InChI is InChI=1S/C18H17FN2O5S/c1-27(24,25)16-5-3-2-4-15(16)17(22)20-10-14-11-21(18(23)26-14)13-8-6-12(19)7-9-13/h2-9,14H,10-11H2,1H3,(H,20,22)/t14-/m0/s1. The van der Waals surface area contributed by atoms with E-state index in [0.717, 1.165) is 6.26 Å². The molecule has 3 rings (SSSR count). The molecule has 1 heterocycles. The van der Waals surface area contributed by atoms with Gasteiger partial charge in [-0.25, -0.2) is 17.6 Å². The summed E-state index contributed by atoms with van der Waals surface area (Å²) in [4.78, 5) is 25.6. The van der Waals surface area contributed by atoms with E-state index in [1.165, 1.54) is 47.4 Å². The third kappa shape index (κ3) is 4.25. The molecule has 9 heteroatoms. The number of benzene rings is 2. The van der Waals surface area contributed by atoms with Crippen molar-refractivity contribution < 1.29 is 27.1 Å². The molecule has 1 saturated heterocycles. The van der Waals surface area contributed by atoms with Crippen molar-refractivity contribution in [2.75, 3.05) is 24.2 Å². The average molecular weight is 392 g/mol. The largest absolute Gasteiger partial charge is 0.442 e. The van der Waals surface area contributed by atoms with Crippen LogP contribution in [0.5, 0.6) is 0 Å². The molecular formula is C18H17FN2O5S. The van der Waals surface area contributed by atoms with Gasteiger partial charge in [-0.1, -0.05) is 12.1 Å². The molecule has 1 N–H and O–H groups in total. The highest BCUT2D eigenvalue weighted by Gasteiger charge is 2.32. The SMILES string of the molecule is CS(=O)(=O)c1ccccc1C(=O)NC[C@H]1CN(c2ccc(F)cc2)C(=O)O1. The number of carbonyl (C=O) groups excluding carboxylic acids is 2. The number of sulfone groups is 1. The number of ether oxygens (including phenoxy) is 1. The predicted octanol–water partition coefficient (Wildman–Crippen LogP) is 1.98. The molecule has 0 aliphatic carbocycles. The first-order valence-electron chi connectivity index (χ1n) is 8.06. The Balaban J connectivity index is 1.65. The minimum absolute atomic E-state index is 0.0143. The zero-order chi connectivity index (χ0) is 19.6. The molecular weight excluding hydrogens is 375 g/mol. The quantitative estimate of drug-likeness (QED) is 0.840. The fourth-order valence-corrected chi connectivity index (χ4v) is 3.62. The fraction of sp³-hybridized carbons (Fsp3) is 0.222. The lowest BCUT2D eigenvalue weighted by Gasteiger charge is -2.13. The maximum absolute atomic E-state index is 13.0. The Kier molecular flexibility index (Phi) is 5.13. The molecule has 0 radical (unpaired) electrons. The molecule has 0 spiro atoms. The highest BCUT2D eigenvalue weighted by molar-refractivity contribution is 7.90. The Morgan fingerprint density at radius 2 is 1.89 bits per heavy atom. The number of nitrogens with one attached hydrogen (secondary N) is 1. The van der Waals surface area contributed by atoms with Gasteiger partial charge in [0.2, 0.25) is 0 Å². The van der Waals surface area contributed by atoms with Gasteiger partial charge >= 0.3 is 6.09 Å². The summed E-state index contributed by atoms with van der Waals surface area (Å²) in [6.45, 7) is 0.193. The van der Waals surface area contributed by atoms with Crippen LogP contribution in [0.1, 0.15) is 10.4 Å². The molecule has 0 unspecified atom stereocenters. The van der Waals surface area contributed by atoms with Crippen molar-refractivity contribution in [2.45, 2.75) is 11.0 Å². The number of anilines is 1. The summed E-state index contributed by atoms with van der Waals surface area (Å²) < 4.78 is 41.8. The number of amides is 2. The molecule has 0 saturated carbocycles. The highest BCUT2D eigenvalue weighted by atomic mass is 32.2. The Hall–Kier alpha value is -2.94. The molecule has 1 aliphatic heterocycles. The van der Waals surface area contributed by atoms with E-state index in [2.05, 4.69) is 5.32 Å². The maximum Gasteiger partial charge on any atom is 0.414 e. The van der Waals surface area contributed by atoms with Gasteiger partial charge in [-0.2, -0.15) is 0 Å². The van der Waals surface area contributed by atoms with Crippen molar-refractivity contribution in [2.24, 2.45) is 0 Å². The lowest BCUT2D eigenvalue weighted by atomic mass is 10.2. The number of cyclic esters (lactones) is 1. The zero-order valence-electron chi connectivity index (χ0n) is 14.4. The number of rotatable bonds is 5. The number of halogens is 1. The number of hydrogen-bond donors (Lipinski definition) is 1. The first kappa shape index (κ1) is 18.8. The van der Waals surface area contributed by atoms with Gasteiger partial charge in [0.1, 0.15) is 11.9 Å². The zero-order valence-corrected chi connectivity index (χ0v) is 15.2. The van der Waals surface area contributed by atoms with E-state index in [4.69, 9.17) is 4.74 Å². The normalized spacial score (nSPS) is 16.9. The summed E-state index contributed by atoms with van der Waals surface area (Å²) in [5.74, 6) is -0.994. The van der Waals surface area contributed by atoms with Crippen molar-refractivity contribution in [1.82, 2.24) is 5.32 Å². The molecule has 1 atom stereocenters. The van der Waals surface area contributed by atoms with Crippen LogP contribution in [0.25, 0.3) is 0 Å². The molecule has 142 valence electrons. The van der Waals surface area contributed by atoms with Crippen LogP contribution in [0.3, 0.4) is 0 Å². The van der Waals surface area contributed by atoms with Crippen LogP contribution in [0.15, 0.2) is 53.4 Å². The Morgan fingerprint density at radius 1 is 1.22 bits per heavy atom. The van der Waals surface area contributed by atoms with Crippen molar-refractivity contribution in [3.63, 3.8) is 0 Å². The minimum atomic E-state index is -3.56. The van der Waals surface area contributed by atoms with Gasteiger partial charge in [-0.15, -0.1) is 0 Å². The highest BCUT2D eigenvalue weighted by Crippen LogP contribution is 2.22. The van der Waals surface area contributed by atoms with Crippen molar-refractivity contribution in [3.8, 4) is 0 Å². The summed E-state index contributed by atoms with van der Waals surface area (Å²) >= 11 is 0. The van der Waals surface area contributed by atoms with Crippen LogP contribution in [-0.4, -0.2) is 45.9 Å². The molecule has 27 heavy (non-hydrogen) atoms. The monoisotopic (exact) mass is 392 g/mol. The van der Waals surface area contributed by atoms with Crippen LogP contribution < -0.4 is 10.2 Å². The number of nitrogens with zero attached hydrogens (tertiary/aromatic N) is 1. The summed E-state index contributed by atoms with van der Waals surface area (Å²) in [5, 5.41) is 2.59. The van der Waals surface area contributed by atoms with E-state index in [-0.39, 0.29) is 23.5 Å². The van der Waals surface area contributed by atoms with Gasteiger partial charge < -0.3 is 10.1 Å². The van der Waals surface area contributed by atoms with Crippen LogP contribution in [0.4, 0.5) is 14.9 Å². The van der Waals surface area contributed by atoms with E-state index < -0.39 is 33.8 Å². The predicted molar refractivity (Wildman–Crippen MR) is 95.9 cm³/mol. The van der Waals surface area contributed by atoms with E-state index >= 15 is 0 Å². The molecule has 7 nitrogen and oxygen atoms in total. The summed E-state index contributed by atoms with van der Waals surface area (Å²) in [6, 6.07) is 11.3. The van der Waals surface area contributed by atoms with Gasteiger partial charge in [-0.3, -0.25) is 9.69 Å². The van der Waals surface area contributed by atoms with Crippen molar-refractivity contribution in [3.05, 3.63) is 59.9 Å². The fourth-order valence-electron chi connectivity index (χ4n) is 2.74. The third-order valence-corrected chi connectivity index (χ3v) is 5.19. The summed E-state index contributed by atoms with van der Waals surface area (Å²) in [6.07, 6.45) is -0.187.